The summed E-state index contributed by atoms with van der Waals surface area (Å²) in [5, 5.41) is 34.8. The van der Waals surface area contributed by atoms with Crippen molar-refractivity contribution in [2.24, 2.45) is 17.6 Å². The topological polar surface area (TPSA) is 104 Å². The number of carbonyl (C=O) groups excluding carboxylic acids is 1. The van der Waals surface area contributed by atoms with E-state index in [1.54, 1.807) is 17.4 Å². The van der Waals surface area contributed by atoms with Crippen LogP contribution in [-0.2, 0) is 11.2 Å². The van der Waals surface area contributed by atoms with Crippen LogP contribution in [0, 0.1) is 11.8 Å². The number of primary amides is 1. The highest BCUT2D eigenvalue weighted by Gasteiger charge is 2.39. The number of hydrogen-bond acceptors (Lipinski definition) is 5. The first-order valence-corrected chi connectivity index (χ1v) is 10.6. The van der Waals surface area contributed by atoms with Crippen LogP contribution in [-0.4, -0.2) is 39.5 Å². The first-order valence-electron chi connectivity index (χ1n) is 9.64. The number of nitrogens with two attached hydrogens (primary N) is 1. The lowest BCUT2D eigenvalue weighted by Gasteiger charge is -2.19. The molecular formula is C21H31NO4S. The molecule has 0 aromatic carbocycles. The van der Waals surface area contributed by atoms with Gasteiger partial charge in [-0.2, -0.15) is 11.3 Å². The SMILES string of the molecule is NC(=O)CCC/C=C\C[C@@H]1[C@@H](/C=C/[C@@H](O)CCc2ccsc2)[C@H](O)C[C@@H]1O. The van der Waals surface area contributed by atoms with Crippen LogP contribution >= 0.6 is 11.3 Å². The molecule has 5 nitrogen and oxygen atoms in total. The maximum Gasteiger partial charge on any atom is 0.217 e. The predicted molar refractivity (Wildman–Crippen MR) is 108 cm³/mol. The summed E-state index contributed by atoms with van der Waals surface area (Å²) in [6.45, 7) is 0. The number of rotatable bonds is 11. The minimum atomic E-state index is -0.589. The van der Waals surface area contributed by atoms with Gasteiger partial charge in [0.15, 0.2) is 0 Å². The second kappa shape index (κ2) is 11.4. The van der Waals surface area contributed by atoms with Gasteiger partial charge >= 0.3 is 0 Å². The van der Waals surface area contributed by atoms with Gasteiger partial charge in [-0.3, -0.25) is 4.79 Å². The summed E-state index contributed by atoms with van der Waals surface area (Å²) in [7, 11) is 0. The number of allylic oxidation sites excluding steroid dienone is 2. The Morgan fingerprint density at radius 1 is 1.33 bits per heavy atom. The molecule has 5 atom stereocenters. The fraction of sp³-hybridized carbons (Fsp3) is 0.571. The second-order valence-electron chi connectivity index (χ2n) is 7.30. The Bertz CT molecular complexity index is 614. The van der Waals surface area contributed by atoms with Gasteiger partial charge in [-0.25, -0.2) is 0 Å². The van der Waals surface area contributed by atoms with E-state index < -0.39 is 18.3 Å². The zero-order valence-electron chi connectivity index (χ0n) is 15.6. The molecule has 150 valence electrons. The summed E-state index contributed by atoms with van der Waals surface area (Å²) in [5.41, 5.74) is 6.34. The molecule has 1 heterocycles. The Kier molecular flexibility index (Phi) is 9.21. The third-order valence-corrected chi connectivity index (χ3v) is 5.88. The van der Waals surface area contributed by atoms with Gasteiger partial charge < -0.3 is 21.1 Å². The lowest BCUT2D eigenvalue weighted by Crippen LogP contribution is -2.20. The van der Waals surface area contributed by atoms with Crippen molar-refractivity contribution >= 4 is 17.2 Å². The van der Waals surface area contributed by atoms with Gasteiger partial charge in [0.25, 0.3) is 0 Å². The van der Waals surface area contributed by atoms with Gasteiger partial charge in [-0.15, -0.1) is 0 Å². The fourth-order valence-electron chi connectivity index (χ4n) is 3.57. The number of aliphatic hydroxyl groups is 3. The summed E-state index contributed by atoms with van der Waals surface area (Å²) in [5.74, 6) is -0.515. The van der Waals surface area contributed by atoms with Crippen molar-refractivity contribution < 1.29 is 20.1 Å². The van der Waals surface area contributed by atoms with Crippen LogP contribution in [0.4, 0.5) is 0 Å². The molecule has 1 saturated carbocycles. The minimum absolute atomic E-state index is 0.0623. The largest absolute Gasteiger partial charge is 0.393 e. The van der Waals surface area contributed by atoms with Crippen LogP contribution in [0.5, 0.6) is 0 Å². The molecule has 1 aromatic heterocycles. The lowest BCUT2D eigenvalue weighted by atomic mass is 9.89. The number of aryl methyl sites for hydroxylation is 1. The van der Waals surface area contributed by atoms with Crippen molar-refractivity contribution in [1.29, 1.82) is 0 Å². The number of carbonyl (C=O) groups is 1. The molecule has 1 aliphatic carbocycles. The Balaban J connectivity index is 1.81. The van der Waals surface area contributed by atoms with Crippen molar-refractivity contribution in [3.8, 4) is 0 Å². The first-order chi connectivity index (χ1) is 13.0. The quantitative estimate of drug-likeness (QED) is 0.343. The maximum atomic E-state index is 10.7. The first kappa shape index (κ1) is 21.8. The molecule has 0 bridgehead atoms. The van der Waals surface area contributed by atoms with Crippen molar-refractivity contribution in [3.63, 3.8) is 0 Å². The lowest BCUT2D eigenvalue weighted by molar-refractivity contribution is -0.118. The van der Waals surface area contributed by atoms with Gasteiger partial charge in [0.05, 0.1) is 18.3 Å². The number of unbranched alkanes of at least 4 members (excludes halogenated alkanes) is 1. The van der Waals surface area contributed by atoms with E-state index in [2.05, 4.69) is 11.4 Å². The van der Waals surface area contributed by atoms with Gasteiger partial charge in [-0.05, 0) is 60.4 Å². The number of aliphatic hydroxyl groups excluding tert-OH is 3. The van der Waals surface area contributed by atoms with E-state index in [1.807, 2.05) is 23.6 Å². The number of amides is 1. The van der Waals surface area contributed by atoms with Crippen LogP contribution in [0.2, 0.25) is 0 Å². The van der Waals surface area contributed by atoms with E-state index in [9.17, 15) is 20.1 Å². The number of thiophene rings is 1. The molecule has 1 fully saturated rings. The maximum absolute atomic E-state index is 10.7. The van der Waals surface area contributed by atoms with Gasteiger partial charge in [0.1, 0.15) is 0 Å². The second-order valence-corrected chi connectivity index (χ2v) is 8.08. The van der Waals surface area contributed by atoms with Gasteiger partial charge in [0, 0.05) is 18.8 Å². The van der Waals surface area contributed by atoms with Crippen molar-refractivity contribution in [2.45, 2.75) is 63.3 Å². The van der Waals surface area contributed by atoms with Crippen LogP contribution in [0.25, 0.3) is 0 Å². The Morgan fingerprint density at radius 3 is 2.85 bits per heavy atom. The average Bonchev–Trinajstić information content (AvgIpc) is 3.22. The number of hydrogen-bond donors (Lipinski definition) is 4. The molecule has 5 N–H and O–H groups in total. The molecule has 27 heavy (non-hydrogen) atoms. The van der Waals surface area contributed by atoms with Crippen molar-refractivity contribution in [2.75, 3.05) is 0 Å². The van der Waals surface area contributed by atoms with Crippen LogP contribution in [0.15, 0.2) is 41.1 Å². The zero-order valence-corrected chi connectivity index (χ0v) is 16.4. The highest BCUT2D eigenvalue weighted by Crippen LogP contribution is 2.36. The zero-order chi connectivity index (χ0) is 19.6. The molecule has 0 spiro atoms. The predicted octanol–water partition coefficient (Wildman–Crippen LogP) is 2.56. The summed E-state index contributed by atoms with van der Waals surface area (Å²) in [6.07, 6.45) is 10.3. The van der Waals surface area contributed by atoms with E-state index in [1.165, 1.54) is 5.56 Å². The Hall–Kier alpha value is -1.47. The Labute approximate surface area is 165 Å². The highest BCUT2D eigenvalue weighted by atomic mass is 32.1. The molecule has 0 aliphatic heterocycles. The van der Waals surface area contributed by atoms with Crippen molar-refractivity contribution in [3.05, 3.63) is 46.7 Å². The van der Waals surface area contributed by atoms with Gasteiger partial charge in [-0.1, -0.05) is 24.3 Å². The Morgan fingerprint density at radius 2 is 2.15 bits per heavy atom. The molecule has 0 saturated heterocycles. The molecule has 6 heteroatoms. The monoisotopic (exact) mass is 393 g/mol. The standard InChI is InChI=1S/C21H31NO4S/c22-21(26)6-4-2-1-3-5-17-18(20(25)13-19(17)24)10-9-16(23)8-7-15-11-12-27-14-15/h1,3,9-12,14,16-20,23-25H,2,4-8,13H2,(H2,22,26)/b3-1-,10-9+/t16-,17+,18+,19-,20+/m0/s1. The highest BCUT2D eigenvalue weighted by molar-refractivity contribution is 7.07. The molecule has 2 rings (SSSR count). The van der Waals surface area contributed by atoms with E-state index in [4.69, 9.17) is 5.73 Å². The van der Waals surface area contributed by atoms with E-state index in [0.717, 1.165) is 19.3 Å². The summed E-state index contributed by atoms with van der Waals surface area (Å²) in [4.78, 5) is 10.7. The summed E-state index contributed by atoms with van der Waals surface area (Å²) in [6, 6.07) is 2.06. The van der Waals surface area contributed by atoms with Crippen LogP contribution in [0.1, 0.15) is 44.1 Å². The van der Waals surface area contributed by atoms with Crippen LogP contribution in [0.3, 0.4) is 0 Å². The summed E-state index contributed by atoms with van der Waals surface area (Å²) < 4.78 is 0. The van der Waals surface area contributed by atoms with E-state index >= 15 is 0 Å². The molecule has 0 radical (unpaired) electrons. The molecular weight excluding hydrogens is 362 g/mol. The molecule has 1 aromatic rings. The third kappa shape index (κ3) is 7.58. The van der Waals surface area contributed by atoms with E-state index in [0.29, 0.717) is 25.7 Å². The average molecular weight is 394 g/mol. The van der Waals surface area contributed by atoms with Gasteiger partial charge in [0.2, 0.25) is 5.91 Å². The van der Waals surface area contributed by atoms with E-state index in [-0.39, 0.29) is 17.7 Å². The molecule has 1 amide bonds. The summed E-state index contributed by atoms with van der Waals surface area (Å²) >= 11 is 1.65. The fourth-order valence-corrected chi connectivity index (χ4v) is 4.28. The molecule has 0 unspecified atom stereocenters. The third-order valence-electron chi connectivity index (χ3n) is 5.15. The molecule has 1 aliphatic rings. The van der Waals surface area contributed by atoms with Crippen LogP contribution < -0.4 is 5.73 Å². The van der Waals surface area contributed by atoms with Crippen molar-refractivity contribution in [1.82, 2.24) is 0 Å². The smallest absolute Gasteiger partial charge is 0.217 e. The normalized spacial score (nSPS) is 26.9. The minimum Gasteiger partial charge on any atom is -0.393 e.